The van der Waals surface area contributed by atoms with Crippen LogP contribution < -0.4 is 4.74 Å². The highest BCUT2D eigenvalue weighted by atomic mass is 31.1. The summed E-state index contributed by atoms with van der Waals surface area (Å²) in [7, 11) is 0.484. The Balaban J connectivity index is 2.62. The number of hydrogen-bond donors (Lipinski definition) is 0. The first-order valence-electron chi connectivity index (χ1n) is 5.98. The summed E-state index contributed by atoms with van der Waals surface area (Å²) in [6, 6.07) is 15.9. The van der Waals surface area contributed by atoms with E-state index in [1.165, 1.54) is 0 Å². The minimum atomic E-state index is -1.39. The first kappa shape index (κ1) is 14.4. The third-order valence-corrected chi connectivity index (χ3v) is 3.48. The van der Waals surface area contributed by atoms with Crippen LogP contribution in [0.3, 0.4) is 0 Å². The summed E-state index contributed by atoms with van der Waals surface area (Å²) in [4.78, 5) is 11.7. The summed E-state index contributed by atoms with van der Waals surface area (Å²) in [6.45, 7) is 0. The van der Waals surface area contributed by atoms with Gasteiger partial charge in [0, 0.05) is 11.1 Å². The van der Waals surface area contributed by atoms with Crippen molar-refractivity contribution >= 4 is 15.0 Å². The molecule has 102 valence electrons. The molecular weight excluding hydrogens is 275 g/mol. The summed E-state index contributed by atoms with van der Waals surface area (Å²) in [6.07, 6.45) is 0.655. The van der Waals surface area contributed by atoms with Crippen LogP contribution in [0.4, 0.5) is 0 Å². The molecule has 0 fully saturated rings. The lowest BCUT2D eigenvalue weighted by atomic mass is 9.87. The summed E-state index contributed by atoms with van der Waals surface area (Å²) < 4.78 is 21.5. The molecule has 0 aliphatic carbocycles. The lowest BCUT2D eigenvalue weighted by Gasteiger charge is -2.22. The van der Waals surface area contributed by atoms with Crippen LogP contribution in [0.25, 0.3) is 0 Å². The van der Waals surface area contributed by atoms with Gasteiger partial charge in [0.15, 0.2) is 6.29 Å². The molecule has 0 aliphatic rings. The molecule has 0 bridgehead atoms. The van der Waals surface area contributed by atoms with E-state index in [1.54, 1.807) is 55.6 Å². The minimum absolute atomic E-state index is 0.571. The molecule has 0 spiro atoms. The molecule has 0 saturated heterocycles. The lowest BCUT2D eigenvalue weighted by molar-refractivity contribution is -0.118. The van der Waals surface area contributed by atoms with Crippen LogP contribution in [0.15, 0.2) is 54.6 Å². The maximum atomic E-state index is 11.7. The van der Waals surface area contributed by atoms with Crippen molar-refractivity contribution < 1.29 is 18.6 Å². The molecule has 20 heavy (non-hydrogen) atoms. The second-order valence-corrected chi connectivity index (χ2v) is 4.51. The number of benzene rings is 2. The molecule has 4 nitrogen and oxygen atoms in total. The van der Waals surface area contributed by atoms with Gasteiger partial charge in [0.05, 0.1) is 7.11 Å². The SMILES string of the molecule is COc1cccc(C(C=O)(O[PH+]=O)c2ccccc2)c1. The van der Waals surface area contributed by atoms with Gasteiger partial charge in [0.1, 0.15) is 5.75 Å². The Hall–Kier alpha value is -2.03. The van der Waals surface area contributed by atoms with E-state index in [1.807, 2.05) is 6.07 Å². The predicted molar refractivity (Wildman–Crippen MR) is 76.4 cm³/mol. The number of carbonyl (C=O) groups is 1. The highest BCUT2D eigenvalue weighted by Crippen LogP contribution is 2.36. The molecule has 2 rings (SSSR count). The van der Waals surface area contributed by atoms with Gasteiger partial charge >= 0.3 is 8.69 Å². The van der Waals surface area contributed by atoms with Crippen LogP contribution in [0.5, 0.6) is 5.75 Å². The molecule has 0 heterocycles. The molecule has 2 atom stereocenters. The highest BCUT2D eigenvalue weighted by molar-refractivity contribution is 7.17. The predicted octanol–water partition coefficient (Wildman–Crippen LogP) is 3.09. The number of aldehydes is 1. The van der Waals surface area contributed by atoms with E-state index in [9.17, 15) is 9.36 Å². The molecular formula is C15H14O4P+. The van der Waals surface area contributed by atoms with Gasteiger partial charge in [-0.1, -0.05) is 42.5 Å². The zero-order valence-electron chi connectivity index (χ0n) is 10.9. The third kappa shape index (κ3) is 2.62. The van der Waals surface area contributed by atoms with Gasteiger partial charge in [-0.25, -0.2) is 0 Å². The van der Waals surface area contributed by atoms with Gasteiger partial charge in [-0.3, -0.25) is 4.79 Å². The van der Waals surface area contributed by atoms with Crippen molar-refractivity contribution in [3.05, 3.63) is 65.7 Å². The summed E-state index contributed by atoms with van der Waals surface area (Å²) >= 11 is 0. The Morgan fingerprint density at radius 1 is 1.05 bits per heavy atom. The Morgan fingerprint density at radius 3 is 2.35 bits per heavy atom. The van der Waals surface area contributed by atoms with Gasteiger partial charge < -0.3 is 4.74 Å². The van der Waals surface area contributed by atoms with Crippen molar-refractivity contribution in [2.75, 3.05) is 7.11 Å². The van der Waals surface area contributed by atoms with Crippen LogP contribution in [0.1, 0.15) is 11.1 Å². The standard InChI is InChI=1S/C15H14O4P/c1-18-14-9-5-8-13(10-14)15(11-16,19-20-17)12-6-3-2-4-7-12/h2-11,20H,1H3/q+1. The molecule has 0 aromatic heterocycles. The van der Waals surface area contributed by atoms with E-state index in [0.717, 1.165) is 0 Å². The number of carbonyl (C=O) groups excluding carboxylic acids is 1. The van der Waals surface area contributed by atoms with Crippen LogP contribution in [-0.4, -0.2) is 13.4 Å². The maximum absolute atomic E-state index is 11.7. The third-order valence-electron chi connectivity index (χ3n) is 3.07. The summed E-state index contributed by atoms with van der Waals surface area (Å²) in [5.74, 6) is 0.600. The van der Waals surface area contributed by atoms with E-state index >= 15 is 0 Å². The second kappa shape index (κ2) is 6.42. The van der Waals surface area contributed by atoms with E-state index in [4.69, 9.17) is 9.26 Å². The van der Waals surface area contributed by atoms with E-state index < -0.39 is 14.3 Å². The molecule has 5 heteroatoms. The van der Waals surface area contributed by atoms with Crippen LogP contribution in [0, 0.1) is 0 Å². The average Bonchev–Trinajstić information content (AvgIpc) is 2.53. The van der Waals surface area contributed by atoms with Gasteiger partial charge in [0.2, 0.25) is 5.60 Å². The largest absolute Gasteiger partial charge is 0.497 e. The van der Waals surface area contributed by atoms with Gasteiger partial charge in [0.25, 0.3) is 0 Å². The Labute approximate surface area is 118 Å². The van der Waals surface area contributed by atoms with Crippen molar-refractivity contribution in [2.24, 2.45) is 0 Å². The Kier molecular flexibility index (Phi) is 4.61. The number of hydrogen-bond acceptors (Lipinski definition) is 4. The zero-order chi connectivity index (χ0) is 14.4. The topological polar surface area (TPSA) is 52.6 Å². The monoisotopic (exact) mass is 289 g/mol. The molecule has 2 aromatic carbocycles. The second-order valence-electron chi connectivity index (χ2n) is 4.14. The minimum Gasteiger partial charge on any atom is -0.497 e. The summed E-state index contributed by atoms with van der Waals surface area (Å²) in [5.41, 5.74) is -0.205. The van der Waals surface area contributed by atoms with Crippen molar-refractivity contribution in [1.29, 1.82) is 0 Å². The Morgan fingerprint density at radius 2 is 1.75 bits per heavy atom. The number of methoxy groups -OCH3 is 1. The molecule has 0 saturated carbocycles. The average molecular weight is 289 g/mol. The van der Waals surface area contributed by atoms with Gasteiger partial charge in [-0.05, 0) is 16.7 Å². The normalized spacial score (nSPS) is 13.7. The quantitative estimate of drug-likeness (QED) is 0.605. The molecule has 0 N–H and O–H groups in total. The fourth-order valence-electron chi connectivity index (χ4n) is 2.05. The van der Waals surface area contributed by atoms with Crippen molar-refractivity contribution in [3.63, 3.8) is 0 Å². The van der Waals surface area contributed by atoms with E-state index in [0.29, 0.717) is 23.2 Å². The molecule has 0 amide bonds. The Bertz CT molecular complexity index is 600. The van der Waals surface area contributed by atoms with Crippen LogP contribution >= 0.6 is 8.69 Å². The number of ether oxygens (including phenoxy) is 1. The molecule has 0 radical (unpaired) electrons. The van der Waals surface area contributed by atoms with Crippen molar-refractivity contribution in [3.8, 4) is 5.75 Å². The highest BCUT2D eigenvalue weighted by Gasteiger charge is 2.40. The molecule has 0 aliphatic heterocycles. The molecule has 2 aromatic rings. The van der Waals surface area contributed by atoms with Crippen molar-refractivity contribution in [1.82, 2.24) is 0 Å². The van der Waals surface area contributed by atoms with Crippen LogP contribution in [-0.2, 0) is 19.5 Å². The molecule has 2 unspecified atom stereocenters. The number of rotatable bonds is 6. The van der Waals surface area contributed by atoms with E-state index in [-0.39, 0.29) is 0 Å². The zero-order valence-corrected chi connectivity index (χ0v) is 11.9. The fraction of sp³-hybridized carbons (Fsp3) is 0.133. The fourth-order valence-corrected chi connectivity index (χ4v) is 2.47. The smallest absolute Gasteiger partial charge is 0.495 e. The maximum Gasteiger partial charge on any atom is 0.495 e. The van der Waals surface area contributed by atoms with Gasteiger partial charge in [-0.2, -0.15) is 0 Å². The lowest BCUT2D eigenvalue weighted by Crippen LogP contribution is -2.30. The summed E-state index contributed by atoms with van der Waals surface area (Å²) in [5, 5.41) is 0. The van der Waals surface area contributed by atoms with Crippen molar-refractivity contribution in [2.45, 2.75) is 5.60 Å². The first-order valence-corrected chi connectivity index (χ1v) is 6.80. The van der Waals surface area contributed by atoms with Gasteiger partial charge in [-0.15, -0.1) is 4.52 Å². The first-order chi connectivity index (χ1) is 9.76. The van der Waals surface area contributed by atoms with E-state index in [2.05, 4.69) is 0 Å². The van der Waals surface area contributed by atoms with Crippen LogP contribution in [0.2, 0.25) is 0 Å².